The zero-order chi connectivity index (χ0) is 19.8. The van der Waals surface area contributed by atoms with Gasteiger partial charge in [-0.15, -0.1) is 11.8 Å². The highest BCUT2D eigenvalue weighted by Crippen LogP contribution is 2.36. The van der Waals surface area contributed by atoms with Gasteiger partial charge in [0.25, 0.3) is 5.91 Å². The highest BCUT2D eigenvalue weighted by molar-refractivity contribution is 8.00. The number of anilines is 1. The van der Waals surface area contributed by atoms with Crippen LogP contribution in [0, 0.1) is 5.82 Å². The first-order valence-corrected chi connectivity index (χ1v) is 9.49. The van der Waals surface area contributed by atoms with Gasteiger partial charge in [0.15, 0.2) is 6.61 Å². The average Bonchev–Trinajstić information content (AvgIpc) is 2.73. The Labute approximate surface area is 166 Å². The highest BCUT2D eigenvalue weighted by Gasteiger charge is 2.24. The van der Waals surface area contributed by atoms with Crippen LogP contribution in [0.4, 0.5) is 10.1 Å². The van der Waals surface area contributed by atoms with Crippen LogP contribution in [0.2, 0.25) is 0 Å². The Morgan fingerprint density at radius 3 is 2.18 bits per heavy atom. The Morgan fingerprint density at radius 2 is 1.50 bits per heavy atom. The molecule has 3 aromatic carbocycles. The lowest BCUT2D eigenvalue weighted by Crippen LogP contribution is -2.23. The maximum atomic E-state index is 13.6. The van der Waals surface area contributed by atoms with Gasteiger partial charge in [-0.25, -0.2) is 4.39 Å². The van der Waals surface area contributed by atoms with E-state index in [0.29, 0.717) is 0 Å². The van der Waals surface area contributed by atoms with E-state index in [4.69, 9.17) is 4.74 Å². The second-order valence-electron chi connectivity index (χ2n) is 5.86. The fraction of sp³-hybridized carbons (Fsp3) is 0.0909. The minimum absolute atomic E-state index is 0.0434. The number of benzene rings is 3. The summed E-state index contributed by atoms with van der Waals surface area (Å²) in [5.41, 5.74) is 0.817. The van der Waals surface area contributed by atoms with Gasteiger partial charge < -0.3 is 10.1 Å². The summed E-state index contributed by atoms with van der Waals surface area (Å²) >= 11 is 1.34. The quantitative estimate of drug-likeness (QED) is 0.459. The predicted molar refractivity (Wildman–Crippen MR) is 107 cm³/mol. The van der Waals surface area contributed by atoms with Gasteiger partial charge in [-0.2, -0.15) is 0 Å². The zero-order valence-electron chi connectivity index (χ0n) is 14.9. The molecule has 0 aromatic heterocycles. The Hall–Kier alpha value is -3.12. The Bertz CT molecular complexity index is 935. The van der Waals surface area contributed by atoms with Gasteiger partial charge in [0, 0.05) is 4.90 Å². The number of para-hydroxylation sites is 1. The van der Waals surface area contributed by atoms with Crippen LogP contribution in [0.1, 0.15) is 10.8 Å². The molecule has 3 rings (SSSR count). The van der Waals surface area contributed by atoms with Crippen molar-refractivity contribution in [3.05, 3.63) is 96.3 Å². The molecule has 0 radical (unpaired) electrons. The molecule has 3 aromatic rings. The third-order valence-corrected chi connectivity index (χ3v) is 5.05. The van der Waals surface area contributed by atoms with Crippen molar-refractivity contribution in [2.45, 2.75) is 10.1 Å². The number of carbonyl (C=O) groups excluding carboxylic acids is 2. The molecule has 6 heteroatoms. The molecule has 1 N–H and O–H groups in total. The van der Waals surface area contributed by atoms with Crippen LogP contribution in [0.25, 0.3) is 0 Å². The molecule has 0 unspecified atom stereocenters. The van der Waals surface area contributed by atoms with Gasteiger partial charge in [0.1, 0.15) is 11.1 Å². The molecule has 28 heavy (non-hydrogen) atoms. The minimum atomic E-state index is -0.620. The predicted octanol–water partition coefficient (Wildman–Crippen LogP) is 4.84. The van der Waals surface area contributed by atoms with E-state index in [1.54, 1.807) is 6.07 Å². The lowest BCUT2D eigenvalue weighted by Gasteiger charge is -2.16. The molecule has 1 amide bonds. The van der Waals surface area contributed by atoms with Gasteiger partial charge >= 0.3 is 5.97 Å². The molecule has 0 aliphatic rings. The van der Waals surface area contributed by atoms with E-state index < -0.39 is 29.6 Å². The van der Waals surface area contributed by atoms with Crippen LogP contribution in [0.3, 0.4) is 0 Å². The maximum Gasteiger partial charge on any atom is 0.324 e. The van der Waals surface area contributed by atoms with Crippen LogP contribution in [-0.4, -0.2) is 18.5 Å². The van der Waals surface area contributed by atoms with Crippen LogP contribution >= 0.6 is 11.8 Å². The molecule has 0 fully saturated rings. The molecule has 0 saturated carbocycles. The fourth-order valence-electron chi connectivity index (χ4n) is 2.48. The van der Waals surface area contributed by atoms with Crippen LogP contribution in [0.15, 0.2) is 89.8 Å². The number of halogens is 1. The minimum Gasteiger partial charge on any atom is -0.454 e. The van der Waals surface area contributed by atoms with Gasteiger partial charge in [-0.3, -0.25) is 9.59 Å². The van der Waals surface area contributed by atoms with E-state index in [-0.39, 0.29) is 5.69 Å². The number of nitrogens with one attached hydrogen (secondary N) is 1. The highest BCUT2D eigenvalue weighted by atomic mass is 32.2. The van der Waals surface area contributed by atoms with Crippen molar-refractivity contribution in [2.75, 3.05) is 11.9 Å². The average molecular weight is 395 g/mol. The van der Waals surface area contributed by atoms with Crippen molar-refractivity contribution in [2.24, 2.45) is 0 Å². The van der Waals surface area contributed by atoms with E-state index >= 15 is 0 Å². The molecule has 0 heterocycles. The molecular formula is C22H18FNO3S. The summed E-state index contributed by atoms with van der Waals surface area (Å²) in [5, 5.41) is 1.78. The summed E-state index contributed by atoms with van der Waals surface area (Å²) in [5.74, 6) is -1.69. The van der Waals surface area contributed by atoms with E-state index in [9.17, 15) is 14.0 Å². The number of thioether (sulfide) groups is 1. The molecule has 142 valence electrons. The van der Waals surface area contributed by atoms with E-state index in [0.717, 1.165) is 10.5 Å². The molecule has 0 aliphatic carbocycles. The lowest BCUT2D eigenvalue weighted by atomic mass is 10.1. The number of rotatable bonds is 7. The first-order valence-electron chi connectivity index (χ1n) is 8.61. The number of hydrogen-bond acceptors (Lipinski definition) is 4. The van der Waals surface area contributed by atoms with Crippen LogP contribution in [-0.2, 0) is 14.3 Å². The second kappa shape index (κ2) is 9.71. The Kier molecular flexibility index (Phi) is 6.81. The summed E-state index contributed by atoms with van der Waals surface area (Å²) in [6.07, 6.45) is 0. The second-order valence-corrected chi connectivity index (χ2v) is 7.04. The van der Waals surface area contributed by atoms with Crippen molar-refractivity contribution in [1.82, 2.24) is 0 Å². The Morgan fingerprint density at radius 1 is 0.893 bits per heavy atom. The van der Waals surface area contributed by atoms with Gasteiger partial charge in [0.05, 0.1) is 5.69 Å². The first kappa shape index (κ1) is 19.6. The van der Waals surface area contributed by atoms with Crippen molar-refractivity contribution in [3.8, 4) is 0 Å². The molecule has 0 bridgehead atoms. The van der Waals surface area contributed by atoms with Crippen molar-refractivity contribution >= 4 is 29.3 Å². The number of hydrogen-bond donors (Lipinski definition) is 1. The van der Waals surface area contributed by atoms with Crippen molar-refractivity contribution < 1.29 is 18.7 Å². The molecule has 4 nitrogen and oxygen atoms in total. The zero-order valence-corrected chi connectivity index (χ0v) is 15.7. The number of carbonyl (C=O) groups is 2. The van der Waals surface area contributed by atoms with Gasteiger partial charge in [-0.1, -0.05) is 60.7 Å². The number of ether oxygens (including phenoxy) is 1. The van der Waals surface area contributed by atoms with E-state index in [1.807, 2.05) is 60.7 Å². The third kappa shape index (κ3) is 5.44. The normalized spacial score (nSPS) is 11.5. The first-order chi connectivity index (χ1) is 13.6. The summed E-state index contributed by atoms with van der Waals surface area (Å²) in [7, 11) is 0. The smallest absolute Gasteiger partial charge is 0.324 e. The maximum absolute atomic E-state index is 13.6. The van der Waals surface area contributed by atoms with Crippen LogP contribution < -0.4 is 5.32 Å². The Balaban J connectivity index is 1.66. The summed E-state index contributed by atoms with van der Waals surface area (Å²) < 4.78 is 18.8. The monoisotopic (exact) mass is 395 g/mol. The molecule has 0 spiro atoms. The lowest BCUT2D eigenvalue weighted by molar-refractivity contribution is -0.146. The van der Waals surface area contributed by atoms with E-state index in [1.165, 1.54) is 30.0 Å². The largest absolute Gasteiger partial charge is 0.454 e. The van der Waals surface area contributed by atoms with Crippen molar-refractivity contribution in [3.63, 3.8) is 0 Å². The number of amides is 1. The van der Waals surface area contributed by atoms with Crippen LogP contribution in [0.5, 0.6) is 0 Å². The van der Waals surface area contributed by atoms with E-state index in [2.05, 4.69) is 5.32 Å². The third-order valence-electron chi connectivity index (χ3n) is 3.81. The molecule has 1 atom stereocenters. The van der Waals surface area contributed by atoms with Crippen molar-refractivity contribution in [1.29, 1.82) is 0 Å². The standard InChI is InChI=1S/C22H18FNO3S/c23-18-13-7-8-14-19(18)24-20(25)15-27-22(26)21(16-9-3-1-4-10-16)28-17-11-5-2-6-12-17/h1-14,21H,15H2,(H,24,25)/t21-/m0/s1. The van der Waals surface area contributed by atoms with Gasteiger partial charge in [0.2, 0.25) is 0 Å². The molecular weight excluding hydrogens is 377 g/mol. The summed E-state index contributed by atoms with van der Waals surface area (Å²) in [6, 6.07) is 24.5. The summed E-state index contributed by atoms with van der Waals surface area (Å²) in [4.78, 5) is 25.6. The van der Waals surface area contributed by atoms with Gasteiger partial charge in [-0.05, 0) is 29.8 Å². The SMILES string of the molecule is O=C(COC(=O)[C@@H](Sc1ccccc1)c1ccccc1)Nc1ccccc1F. The molecule has 0 aliphatic heterocycles. The fourth-order valence-corrected chi connectivity index (χ4v) is 3.52. The number of esters is 1. The molecule has 0 saturated heterocycles. The summed E-state index contributed by atoms with van der Waals surface area (Å²) in [6.45, 7) is -0.494. The topological polar surface area (TPSA) is 55.4 Å².